The maximum absolute atomic E-state index is 12.3. The van der Waals surface area contributed by atoms with Gasteiger partial charge in [0.1, 0.15) is 6.04 Å². The first-order chi connectivity index (χ1) is 10.1. The predicted octanol–water partition coefficient (Wildman–Crippen LogP) is 2.84. The van der Waals surface area contributed by atoms with Gasteiger partial charge in [-0.3, -0.25) is 9.69 Å². The van der Waals surface area contributed by atoms with Crippen molar-refractivity contribution in [2.24, 2.45) is 0 Å². The summed E-state index contributed by atoms with van der Waals surface area (Å²) in [6, 6.07) is 7.06. The number of anilines is 2. The van der Waals surface area contributed by atoms with Gasteiger partial charge in [0, 0.05) is 19.1 Å². The number of piperidine rings is 1. The molecular formula is C17H25N3O. The van der Waals surface area contributed by atoms with Crippen LogP contribution in [0, 0.1) is 0 Å². The quantitative estimate of drug-likeness (QED) is 0.928. The highest BCUT2D eigenvalue weighted by atomic mass is 16.2. The zero-order valence-electron chi connectivity index (χ0n) is 13.2. The lowest BCUT2D eigenvalue weighted by Crippen LogP contribution is -2.50. The average Bonchev–Trinajstić information content (AvgIpc) is 2.47. The fourth-order valence-corrected chi connectivity index (χ4v) is 3.21. The number of fused-ring (bicyclic) bond motifs is 3. The summed E-state index contributed by atoms with van der Waals surface area (Å²) in [6.07, 6.45) is 3.31. The Morgan fingerprint density at radius 1 is 1.38 bits per heavy atom. The van der Waals surface area contributed by atoms with Crippen molar-refractivity contribution in [1.82, 2.24) is 4.90 Å². The topological polar surface area (TPSA) is 35.6 Å². The third kappa shape index (κ3) is 2.77. The number of nitrogens with one attached hydrogen (secondary N) is 1. The Hall–Kier alpha value is -1.55. The first-order valence-corrected chi connectivity index (χ1v) is 7.97. The SMILES string of the molecule is CC(C)N(C)Cc1ccc2c(c1)NC(=O)C1CCCCN21. The molecule has 0 spiro atoms. The molecule has 2 aliphatic heterocycles. The molecular weight excluding hydrogens is 262 g/mol. The number of carbonyl (C=O) groups excluding carboxylic acids is 1. The van der Waals surface area contributed by atoms with Gasteiger partial charge in [0.15, 0.2) is 0 Å². The molecule has 1 aromatic rings. The summed E-state index contributed by atoms with van der Waals surface area (Å²) in [7, 11) is 2.13. The lowest BCUT2D eigenvalue weighted by molar-refractivity contribution is -0.118. The molecule has 1 N–H and O–H groups in total. The van der Waals surface area contributed by atoms with Crippen molar-refractivity contribution >= 4 is 17.3 Å². The van der Waals surface area contributed by atoms with Crippen molar-refractivity contribution in [2.75, 3.05) is 23.8 Å². The van der Waals surface area contributed by atoms with Crippen LogP contribution in [0.2, 0.25) is 0 Å². The summed E-state index contributed by atoms with van der Waals surface area (Å²) in [5.74, 6) is 0.163. The molecule has 4 nitrogen and oxygen atoms in total. The maximum Gasteiger partial charge on any atom is 0.247 e. The van der Waals surface area contributed by atoms with Crippen LogP contribution >= 0.6 is 0 Å². The van der Waals surface area contributed by atoms with Gasteiger partial charge in [0.25, 0.3) is 0 Å². The van der Waals surface area contributed by atoms with Crippen molar-refractivity contribution in [3.63, 3.8) is 0 Å². The molecule has 114 valence electrons. The molecule has 4 heteroatoms. The first kappa shape index (κ1) is 14.4. The molecule has 0 aliphatic carbocycles. The van der Waals surface area contributed by atoms with Crippen LogP contribution < -0.4 is 10.2 Å². The van der Waals surface area contributed by atoms with E-state index in [9.17, 15) is 4.79 Å². The lowest BCUT2D eigenvalue weighted by atomic mass is 9.97. The van der Waals surface area contributed by atoms with Gasteiger partial charge in [-0.05, 0) is 57.9 Å². The number of benzene rings is 1. The van der Waals surface area contributed by atoms with Crippen LogP contribution in [0.4, 0.5) is 11.4 Å². The van der Waals surface area contributed by atoms with Crippen LogP contribution in [-0.4, -0.2) is 36.5 Å². The predicted molar refractivity (Wildman–Crippen MR) is 86.7 cm³/mol. The Morgan fingerprint density at radius 2 is 2.19 bits per heavy atom. The van der Waals surface area contributed by atoms with Gasteiger partial charge in [-0.25, -0.2) is 0 Å². The largest absolute Gasteiger partial charge is 0.358 e. The molecule has 2 aliphatic rings. The van der Waals surface area contributed by atoms with Gasteiger partial charge in [-0.2, -0.15) is 0 Å². The second kappa shape index (κ2) is 5.68. The highest BCUT2D eigenvalue weighted by Gasteiger charge is 2.34. The van der Waals surface area contributed by atoms with E-state index < -0.39 is 0 Å². The normalized spacial score (nSPS) is 21.3. The van der Waals surface area contributed by atoms with E-state index >= 15 is 0 Å². The zero-order valence-corrected chi connectivity index (χ0v) is 13.2. The Kier molecular flexibility index (Phi) is 3.89. The number of nitrogens with zero attached hydrogens (tertiary/aromatic N) is 2. The van der Waals surface area contributed by atoms with E-state index in [-0.39, 0.29) is 11.9 Å². The van der Waals surface area contributed by atoms with Gasteiger partial charge >= 0.3 is 0 Å². The highest BCUT2D eigenvalue weighted by molar-refractivity contribution is 6.03. The zero-order chi connectivity index (χ0) is 15.0. The van der Waals surface area contributed by atoms with Crippen molar-refractivity contribution in [2.45, 2.75) is 51.7 Å². The van der Waals surface area contributed by atoms with Crippen LogP contribution in [0.1, 0.15) is 38.7 Å². The van der Waals surface area contributed by atoms with Crippen molar-refractivity contribution < 1.29 is 4.79 Å². The van der Waals surface area contributed by atoms with E-state index in [4.69, 9.17) is 0 Å². The standard InChI is InChI=1S/C17H25N3O/c1-12(2)19(3)11-13-7-8-15-14(10-13)18-17(21)16-6-4-5-9-20(15)16/h7-8,10,12,16H,4-6,9,11H2,1-3H3,(H,18,21). The molecule has 1 saturated heterocycles. The van der Waals surface area contributed by atoms with E-state index in [1.807, 2.05) is 0 Å². The summed E-state index contributed by atoms with van der Waals surface area (Å²) in [4.78, 5) is 16.9. The van der Waals surface area contributed by atoms with E-state index in [1.165, 1.54) is 17.7 Å². The van der Waals surface area contributed by atoms with Crippen LogP contribution in [0.25, 0.3) is 0 Å². The van der Waals surface area contributed by atoms with Crippen LogP contribution in [0.15, 0.2) is 18.2 Å². The van der Waals surface area contributed by atoms with Crippen LogP contribution in [0.5, 0.6) is 0 Å². The Morgan fingerprint density at radius 3 is 2.95 bits per heavy atom. The molecule has 0 radical (unpaired) electrons. The van der Waals surface area contributed by atoms with Gasteiger partial charge in [-0.1, -0.05) is 6.07 Å². The third-order valence-electron chi connectivity index (χ3n) is 4.75. The third-order valence-corrected chi connectivity index (χ3v) is 4.75. The molecule has 1 fully saturated rings. The minimum Gasteiger partial charge on any atom is -0.358 e. The number of hydrogen-bond donors (Lipinski definition) is 1. The molecule has 3 rings (SSSR count). The number of amides is 1. The van der Waals surface area contributed by atoms with Gasteiger partial charge in [0.05, 0.1) is 11.4 Å². The van der Waals surface area contributed by atoms with Crippen LogP contribution in [-0.2, 0) is 11.3 Å². The van der Waals surface area contributed by atoms with Gasteiger partial charge in [0.2, 0.25) is 5.91 Å². The fraction of sp³-hybridized carbons (Fsp3) is 0.588. The monoisotopic (exact) mass is 287 g/mol. The summed E-state index contributed by atoms with van der Waals surface area (Å²) in [5.41, 5.74) is 3.42. The molecule has 1 atom stereocenters. The molecule has 1 unspecified atom stereocenters. The van der Waals surface area contributed by atoms with Crippen molar-refractivity contribution in [3.05, 3.63) is 23.8 Å². The van der Waals surface area contributed by atoms with Crippen molar-refractivity contribution in [3.8, 4) is 0 Å². The minimum absolute atomic E-state index is 0.0374. The lowest BCUT2D eigenvalue weighted by Gasteiger charge is -2.41. The summed E-state index contributed by atoms with van der Waals surface area (Å²) in [5, 5.41) is 3.10. The molecule has 1 aromatic carbocycles. The Labute approximate surface area is 127 Å². The fourth-order valence-electron chi connectivity index (χ4n) is 3.21. The van der Waals surface area contributed by atoms with E-state index in [0.29, 0.717) is 6.04 Å². The molecule has 2 heterocycles. The van der Waals surface area contributed by atoms with Crippen LogP contribution in [0.3, 0.4) is 0 Å². The number of hydrogen-bond acceptors (Lipinski definition) is 3. The summed E-state index contributed by atoms with van der Waals surface area (Å²) < 4.78 is 0. The maximum atomic E-state index is 12.3. The molecule has 0 bridgehead atoms. The second-order valence-electron chi connectivity index (χ2n) is 6.55. The second-order valence-corrected chi connectivity index (χ2v) is 6.55. The highest BCUT2D eigenvalue weighted by Crippen LogP contribution is 2.36. The summed E-state index contributed by atoms with van der Waals surface area (Å²) in [6.45, 7) is 6.29. The first-order valence-electron chi connectivity index (χ1n) is 7.97. The van der Waals surface area contributed by atoms with Crippen molar-refractivity contribution in [1.29, 1.82) is 0 Å². The molecule has 21 heavy (non-hydrogen) atoms. The molecule has 1 amide bonds. The Bertz CT molecular complexity index is 541. The number of rotatable bonds is 3. The van der Waals surface area contributed by atoms with E-state index in [2.05, 4.69) is 54.2 Å². The van der Waals surface area contributed by atoms with E-state index in [0.717, 1.165) is 31.6 Å². The Balaban J connectivity index is 1.86. The number of carbonyl (C=O) groups is 1. The van der Waals surface area contributed by atoms with Gasteiger partial charge in [-0.15, -0.1) is 0 Å². The molecule has 0 aromatic heterocycles. The van der Waals surface area contributed by atoms with E-state index in [1.54, 1.807) is 0 Å². The average molecular weight is 287 g/mol. The summed E-state index contributed by atoms with van der Waals surface area (Å²) >= 11 is 0. The van der Waals surface area contributed by atoms with Gasteiger partial charge < -0.3 is 10.2 Å². The minimum atomic E-state index is 0.0374. The smallest absolute Gasteiger partial charge is 0.247 e. The molecule has 0 saturated carbocycles.